The van der Waals surface area contributed by atoms with Gasteiger partial charge in [-0.05, 0) is 50.5 Å². The molecule has 3 fully saturated rings. The monoisotopic (exact) mass is 250 g/mol. The fraction of sp³-hybridized carbons (Fsp3) is 1.00. The Morgan fingerprint density at radius 3 is 2.56 bits per heavy atom. The number of hydrogen-bond donors (Lipinski definition) is 0. The minimum absolute atomic E-state index is 0.831. The van der Waals surface area contributed by atoms with Crippen LogP contribution < -0.4 is 0 Å². The van der Waals surface area contributed by atoms with Gasteiger partial charge in [0.05, 0.1) is 0 Å². The fourth-order valence-electron chi connectivity index (χ4n) is 4.69. The second-order valence-corrected chi connectivity index (χ2v) is 7.03. The lowest BCUT2D eigenvalue weighted by atomic mass is 9.93. The first-order valence-corrected chi connectivity index (χ1v) is 8.20. The first-order valence-electron chi connectivity index (χ1n) is 8.20. The van der Waals surface area contributed by atoms with Crippen molar-refractivity contribution in [3.63, 3.8) is 0 Å². The number of piperazine rings is 1. The molecule has 2 heteroatoms. The number of rotatable bonds is 2. The third kappa shape index (κ3) is 2.12. The van der Waals surface area contributed by atoms with Crippen molar-refractivity contribution in [2.75, 3.05) is 19.6 Å². The van der Waals surface area contributed by atoms with Crippen molar-refractivity contribution in [2.45, 2.75) is 71.0 Å². The summed E-state index contributed by atoms with van der Waals surface area (Å²) in [6.45, 7) is 11.4. The second kappa shape index (κ2) is 5.13. The van der Waals surface area contributed by atoms with Gasteiger partial charge < -0.3 is 0 Å². The van der Waals surface area contributed by atoms with Crippen LogP contribution in [0.1, 0.15) is 52.9 Å². The molecule has 0 amide bonds. The van der Waals surface area contributed by atoms with Gasteiger partial charge in [-0.25, -0.2) is 0 Å². The van der Waals surface area contributed by atoms with E-state index >= 15 is 0 Å². The molecule has 3 aliphatic rings. The van der Waals surface area contributed by atoms with Gasteiger partial charge in [0.25, 0.3) is 0 Å². The summed E-state index contributed by atoms with van der Waals surface area (Å²) < 4.78 is 0. The Morgan fingerprint density at radius 1 is 1.06 bits per heavy atom. The summed E-state index contributed by atoms with van der Waals surface area (Å²) in [5, 5.41) is 0. The molecule has 0 aromatic heterocycles. The van der Waals surface area contributed by atoms with Crippen LogP contribution >= 0.6 is 0 Å². The maximum atomic E-state index is 2.92. The average Bonchev–Trinajstić information content (AvgIpc) is 2.95. The molecule has 0 bridgehead atoms. The number of nitrogens with zero attached hydrogens (tertiary/aromatic N) is 2. The smallest absolute Gasteiger partial charge is 0.0224 e. The molecule has 0 radical (unpaired) electrons. The summed E-state index contributed by atoms with van der Waals surface area (Å²) in [5.74, 6) is 1.85. The minimum Gasteiger partial charge on any atom is -0.298 e. The highest BCUT2D eigenvalue weighted by Gasteiger charge is 2.42. The van der Waals surface area contributed by atoms with E-state index in [2.05, 4.69) is 30.6 Å². The normalized spacial score (nSPS) is 46.5. The molecule has 5 atom stereocenters. The molecule has 1 aliphatic carbocycles. The van der Waals surface area contributed by atoms with E-state index in [1.807, 2.05) is 0 Å². The van der Waals surface area contributed by atoms with E-state index in [4.69, 9.17) is 0 Å². The summed E-state index contributed by atoms with van der Waals surface area (Å²) in [6.07, 6.45) is 7.12. The quantitative estimate of drug-likeness (QED) is 0.743. The summed E-state index contributed by atoms with van der Waals surface area (Å²) in [7, 11) is 0. The molecule has 2 saturated heterocycles. The molecule has 1 saturated carbocycles. The van der Waals surface area contributed by atoms with Crippen molar-refractivity contribution in [3.05, 3.63) is 0 Å². The van der Waals surface area contributed by atoms with Crippen LogP contribution in [0.15, 0.2) is 0 Å². The van der Waals surface area contributed by atoms with Crippen LogP contribution in [-0.4, -0.2) is 47.6 Å². The van der Waals surface area contributed by atoms with Crippen LogP contribution in [0, 0.1) is 11.8 Å². The Labute approximate surface area is 113 Å². The van der Waals surface area contributed by atoms with Gasteiger partial charge >= 0.3 is 0 Å². The zero-order valence-corrected chi connectivity index (χ0v) is 12.4. The maximum Gasteiger partial charge on any atom is 0.0224 e. The first kappa shape index (κ1) is 12.9. The Bertz CT molecular complexity index is 291. The molecular weight excluding hydrogens is 220 g/mol. The maximum absolute atomic E-state index is 2.92. The van der Waals surface area contributed by atoms with E-state index in [0.29, 0.717) is 0 Å². The highest BCUT2D eigenvalue weighted by atomic mass is 15.3. The third-order valence-electron chi connectivity index (χ3n) is 6.15. The lowest BCUT2D eigenvalue weighted by Gasteiger charge is -2.47. The summed E-state index contributed by atoms with van der Waals surface area (Å²) in [5.41, 5.74) is 0. The Kier molecular flexibility index (Phi) is 3.68. The highest BCUT2D eigenvalue weighted by Crippen LogP contribution is 2.38. The molecule has 0 aromatic rings. The van der Waals surface area contributed by atoms with Gasteiger partial charge in [0.15, 0.2) is 0 Å². The van der Waals surface area contributed by atoms with Crippen molar-refractivity contribution in [2.24, 2.45) is 11.8 Å². The van der Waals surface area contributed by atoms with Crippen LogP contribution in [0.3, 0.4) is 0 Å². The van der Waals surface area contributed by atoms with Gasteiger partial charge in [-0.2, -0.15) is 0 Å². The van der Waals surface area contributed by atoms with E-state index in [-0.39, 0.29) is 0 Å². The fourth-order valence-corrected chi connectivity index (χ4v) is 4.69. The predicted molar refractivity (Wildman–Crippen MR) is 76.7 cm³/mol. The van der Waals surface area contributed by atoms with Gasteiger partial charge in [0.2, 0.25) is 0 Å². The Morgan fingerprint density at radius 2 is 1.89 bits per heavy atom. The Balaban J connectivity index is 1.73. The van der Waals surface area contributed by atoms with E-state index in [9.17, 15) is 0 Å². The SMILES string of the molecule is CCC1CN2CCCC2CN1C1CCC(C)C1C. The average molecular weight is 250 g/mol. The molecule has 2 nitrogen and oxygen atoms in total. The predicted octanol–water partition coefficient (Wildman–Crippen LogP) is 2.98. The van der Waals surface area contributed by atoms with E-state index < -0.39 is 0 Å². The second-order valence-electron chi connectivity index (χ2n) is 7.03. The number of fused-ring (bicyclic) bond motifs is 1. The molecule has 0 aromatic carbocycles. The van der Waals surface area contributed by atoms with Crippen LogP contribution in [-0.2, 0) is 0 Å². The molecule has 0 N–H and O–H groups in total. The van der Waals surface area contributed by atoms with Gasteiger partial charge in [-0.3, -0.25) is 9.80 Å². The van der Waals surface area contributed by atoms with Gasteiger partial charge in [-0.15, -0.1) is 0 Å². The molecule has 0 spiro atoms. The van der Waals surface area contributed by atoms with Gasteiger partial charge in [-0.1, -0.05) is 20.8 Å². The minimum atomic E-state index is 0.831. The number of hydrogen-bond acceptors (Lipinski definition) is 2. The highest BCUT2D eigenvalue weighted by molar-refractivity contribution is 4.97. The third-order valence-corrected chi connectivity index (χ3v) is 6.15. The molecule has 104 valence electrons. The first-order chi connectivity index (χ1) is 8.70. The zero-order chi connectivity index (χ0) is 12.7. The molecule has 3 rings (SSSR count). The summed E-state index contributed by atoms with van der Waals surface area (Å²) >= 11 is 0. The van der Waals surface area contributed by atoms with E-state index in [1.54, 1.807) is 0 Å². The van der Waals surface area contributed by atoms with Crippen LogP contribution in [0.4, 0.5) is 0 Å². The van der Waals surface area contributed by atoms with Crippen molar-refractivity contribution in [1.82, 2.24) is 9.80 Å². The molecule has 18 heavy (non-hydrogen) atoms. The van der Waals surface area contributed by atoms with E-state index in [1.165, 1.54) is 51.7 Å². The lowest BCUT2D eigenvalue weighted by Crippen LogP contribution is -2.59. The molecule has 5 unspecified atom stereocenters. The van der Waals surface area contributed by atoms with E-state index in [0.717, 1.165) is 30.0 Å². The van der Waals surface area contributed by atoms with Crippen molar-refractivity contribution >= 4 is 0 Å². The van der Waals surface area contributed by atoms with Crippen LogP contribution in [0.5, 0.6) is 0 Å². The summed E-state index contributed by atoms with van der Waals surface area (Å²) in [4.78, 5) is 5.69. The molecule has 2 heterocycles. The van der Waals surface area contributed by atoms with Crippen LogP contribution in [0.25, 0.3) is 0 Å². The topological polar surface area (TPSA) is 6.48 Å². The summed E-state index contributed by atoms with van der Waals surface area (Å²) in [6, 6.07) is 2.60. The largest absolute Gasteiger partial charge is 0.298 e. The lowest BCUT2D eigenvalue weighted by molar-refractivity contribution is 0.00633. The van der Waals surface area contributed by atoms with Crippen molar-refractivity contribution in [3.8, 4) is 0 Å². The Hall–Kier alpha value is -0.0800. The van der Waals surface area contributed by atoms with Crippen LogP contribution in [0.2, 0.25) is 0 Å². The molecule has 2 aliphatic heterocycles. The van der Waals surface area contributed by atoms with Crippen molar-refractivity contribution in [1.29, 1.82) is 0 Å². The molecular formula is C16H30N2. The van der Waals surface area contributed by atoms with Gasteiger partial charge in [0, 0.05) is 31.2 Å². The van der Waals surface area contributed by atoms with Crippen molar-refractivity contribution < 1.29 is 0 Å². The standard InChI is InChI=1S/C16H30N2/c1-4-14-10-17-9-5-6-15(17)11-18(14)16-8-7-12(2)13(16)3/h12-16H,4-11H2,1-3H3. The zero-order valence-electron chi connectivity index (χ0n) is 12.4. The van der Waals surface area contributed by atoms with Gasteiger partial charge in [0.1, 0.15) is 0 Å².